The molecule has 4 nitrogen and oxygen atoms in total. The van der Waals surface area contributed by atoms with Gasteiger partial charge in [-0.05, 0) is 37.6 Å². The van der Waals surface area contributed by atoms with Crippen LogP contribution in [-0.4, -0.2) is 44.1 Å². The summed E-state index contributed by atoms with van der Waals surface area (Å²) in [6, 6.07) is 8.43. The van der Waals surface area contributed by atoms with Gasteiger partial charge in [0.2, 0.25) is 5.91 Å². The highest BCUT2D eigenvalue weighted by Crippen LogP contribution is 2.30. The van der Waals surface area contributed by atoms with Crippen molar-refractivity contribution in [3.8, 4) is 5.75 Å². The summed E-state index contributed by atoms with van der Waals surface area (Å²) in [4.78, 5) is 14.7. The van der Waals surface area contributed by atoms with Gasteiger partial charge in [-0.3, -0.25) is 4.79 Å². The lowest BCUT2D eigenvalue weighted by atomic mass is 9.93. The Morgan fingerprint density at radius 3 is 2.70 bits per heavy atom. The standard InChI is InChI=1S/C18H26N2O2.ClH/c1-20-11-16(14-8-5-9-15(10-14)22-2)17(12-20)19-18(21)13-6-3-4-7-13;/h5,8-10,13,16-17H,3-4,6-7,11-12H2,1-2H3,(H,19,21);1H/t16-,17+;/m1./s1. The molecule has 23 heavy (non-hydrogen) atoms. The molecule has 2 fully saturated rings. The molecule has 1 aromatic rings. The first-order valence-corrected chi connectivity index (χ1v) is 8.30. The number of hydrogen-bond donors (Lipinski definition) is 1. The molecule has 0 aromatic heterocycles. The number of methoxy groups -OCH3 is 1. The molecule has 1 aliphatic carbocycles. The van der Waals surface area contributed by atoms with Crippen LogP contribution in [0.3, 0.4) is 0 Å². The van der Waals surface area contributed by atoms with E-state index in [-0.39, 0.29) is 30.3 Å². The number of likely N-dealkylation sites (N-methyl/N-ethyl adjacent to an activating group) is 1. The van der Waals surface area contributed by atoms with E-state index in [0.29, 0.717) is 5.92 Å². The van der Waals surface area contributed by atoms with E-state index in [1.54, 1.807) is 7.11 Å². The number of benzene rings is 1. The first-order chi connectivity index (χ1) is 10.7. The molecule has 1 saturated heterocycles. The molecule has 2 atom stereocenters. The maximum atomic E-state index is 12.5. The molecule has 1 amide bonds. The van der Waals surface area contributed by atoms with E-state index in [2.05, 4.69) is 29.4 Å². The van der Waals surface area contributed by atoms with Gasteiger partial charge in [0.1, 0.15) is 5.75 Å². The van der Waals surface area contributed by atoms with Crippen molar-refractivity contribution < 1.29 is 9.53 Å². The average molecular weight is 339 g/mol. The fourth-order valence-corrected chi connectivity index (χ4v) is 3.85. The van der Waals surface area contributed by atoms with Gasteiger partial charge in [-0.25, -0.2) is 0 Å². The number of hydrogen-bond acceptors (Lipinski definition) is 3. The van der Waals surface area contributed by atoms with Crippen LogP contribution in [0.2, 0.25) is 0 Å². The molecule has 1 heterocycles. The first kappa shape index (κ1) is 18.1. The highest BCUT2D eigenvalue weighted by atomic mass is 35.5. The number of halogens is 1. The van der Waals surface area contributed by atoms with Crippen molar-refractivity contribution in [2.24, 2.45) is 5.92 Å². The normalized spacial score (nSPS) is 25.1. The second-order valence-corrected chi connectivity index (χ2v) is 6.70. The Balaban J connectivity index is 0.00000192. The number of likely N-dealkylation sites (tertiary alicyclic amines) is 1. The molecule has 1 aliphatic heterocycles. The highest BCUT2D eigenvalue weighted by Gasteiger charge is 2.35. The summed E-state index contributed by atoms with van der Waals surface area (Å²) in [5, 5.41) is 3.32. The van der Waals surface area contributed by atoms with Crippen LogP contribution in [0.1, 0.15) is 37.2 Å². The van der Waals surface area contributed by atoms with E-state index in [4.69, 9.17) is 4.74 Å². The minimum Gasteiger partial charge on any atom is -0.497 e. The second kappa shape index (κ2) is 8.02. The van der Waals surface area contributed by atoms with Crippen LogP contribution >= 0.6 is 12.4 Å². The van der Waals surface area contributed by atoms with Gasteiger partial charge in [0.05, 0.1) is 7.11 Å². The highest BCUT2D eigenvalue weighted by molar-refractivity contribution is 5.85. The molecular formula is C18H27ClN2O2. The Bertz CT molecular complexity index is 532. The lowest BCUT2D eigenvalue weighted by Crippen LogP contribution is -2.42. The first-order valence-electron chi connectivity index (χ1n) is 8.30. The molecule has 1 N–H and O–H groups in total. The molecule has 5 heteroatoms. The van der Waals surface area contributed by atoms with Crippen LogP contribution in [0.4, 0.5) is 0 Å². The number of carbonyl (C=O) groups excluding carboxylic acids is 1. The van der Waals surface area contributed by atoms with Crippen LogP contribution < -0.4 is 10.1 Å². The Morgan fingerprint density at radius 2 is 2.00 bits per heavy atom. The Hall–Kier alpha value is -1.26. The van der Waals surface area contributed by atoms with Gasteiger partial charge < -0.3 is 15.0 Å². The average Bonchev–Trinajstić information content (AvgIpc) is 3.17. The third-order valence-electron chi connectivity index (χ3n) is 5.08. The largest absolute Gasteiger partial charge is 0.497 e. The molecule has 3 rings (SSSR count). The monoisotopic (exact) mass is 338 g/mol. The topological polar surface area (TPSA) is 41.6 Å². The van der Waals surface area contributed by atoms with Gasteiger partial charge in [0.15, 0.2) is 0 Å². The summed E-state index contributed by atoms with van der Waals surface area (Å²) < 4.78 is 5.34. The van der Waals surface area contributed by atoms with Gasteiger partial charge in [-0.15, -0.1) is 12.4 Å². The number of nitrogens with zero attached hydrogens (tertiary/aromatic N) is 1. The third kappa shape index (κ3) is 4.18. The fraction of sp³-hybridized carbons (Fsp3) is 0.611. The number of ether oxygens (including phenoxy) is 1. The zero-order chi connectivity index (χ0) is 15.5. The fourth-order valence-electron chi connectivity index (χ4n) is 3.85. The summed E-state index contributed by atoms with van der Waals surface area (Å²) in [6.45, 7) is 1.89. The van der Waals surface area contributed by atoms with Crippen molar-refractivity contribution >= 4 is 18.3 Å². The summed E-state index contributed by atoms with van der Waals surface area (Å²) in [5.41, 5.74) is 1.25. The predicted octanol–water partition coefficient (Wildman–Crippen LogP) is 2.82. The van der Waals surface area contributed by atoms with Crippen LogP contribution in [0.5, 0.6) is 5.75 Å². The molecule has 0 unspecified atom stereocenters. The summed E-state index contributed by atoms with van der Waals surface area (Å²) in [7, 11) is 3.81. The number of rotatable bonds is 4. The molecule has 128 valence electrons. The maximum absolute atomic E-state index is 12.5. The van der Waals surface area contributed by atoms with E-state index in [9.17, 15) is 4.79 Å². The van der Waals surface area contributed by atoms with Crippen molar-refractivity contribution in [2.75, 3.05) is 27.2 Å². The number of amides is 1. The van der Waals surface area contributed by atoms with E-state index in [0.717, 1.165) is 31.7 Å². The molecule has 0 spiro atoms. The minimum absolute atomic E-state index is 0. The van der Waals surface area contributed by atoms with Crippen molar-refractivity contribution in [3.63, 3.8) is 0 Å². The van der Waals surface area contributed by atoms with Gasteiger partial charge in [0.25, 0.3) is 0 Å². The minimum atomic E-state index is 0. The molecular weight excluding hydrogens is 312 g/mol. The quantitative estimate of drug-likeness (QED) is 0.917. The van der Waals surface area contributed by atoms with Crippen molar-refractivity contribution in [1.29, 1.82) is 0 Å². The van der Waals surface area contributed by atoms with E-state index >= 15 is 0 Å². The SMILES string of the molecule is COc1cccc([C@H]2CN(C)C[C@@H]2NC(=O)C2CCCC2)c1.Cl. The van der Waals surface area contributed by atoms with E-state index in [1.165, 1.54) is 18.4 Å². The summed E-state index contributed by atoms with van der Waals surface area (Å²) >= 11 is 0. The smallest absolute Gasteiger partial charge is 0.223 e. The number of nitrogens with one attached hydrogen (secondary N) is 1. The number of carbonyl (C=O) groups is 1. The van der Waals surface area contributed by atoms with E-state index < -0.39 is 0 Å². The van der Waals surface area contributed by atoms with Gasteiger partial charge in [0, 0.05) is 31.0 Å². The lowest BCUT2D eigenvalue weighted by Gasteiger charge is -2.22. The lowest BCUT2D eigenvalue weighted by molar-refractivity contribution is -0.125. The van der Waals surface area contributed by atoms with Crippen LogP contribution in [0.15, 0.2) is 24.3 Å². The van der Waals surface area contributed by atoms with Crippen molar-refractivity contribution in [3.05, 3.63) is 29.8 Å². The van der Waals surface area contributed by atoms with Gasteiger partial charge in [-0.1, -0.05) is 25.0 Å². The Labute approximate surface area is 145 Å². The Morgan fingerprint density at radius 1 is 1.26 bits per heavy atom. The van der Waals surface area contributed by atoms with Gasteiger partial charge in [-0.2, -0.15) is 0 Å². The second-order valence-electron chi connectivity index (χ2n) is 6.70. The van der Waals surface area contributed by atoms with Crippen molar-refractivity contribution in [2.45, 2.75) is 37.6 Å². The molecule has 1 saturated carbocycles. The zero-order valence-corrected chi connectivity index (χ0v) is 14.8. The summed E-state index contributed by atoms with van der Waals surface area (Å²) in [6.07, 6.45) is 4.50. The zero-order valence-electron chi connectivity index (χ0n) is 14.0. The van der Waals surface area contributed by atoms with Crippen LogP contribution in [0.25, 0.3) is 0 Å². The maximum Gasteiger partial charge on any atom is 0.223 e. The van der Waals surface area contributed by atoms with Gasteiger partial charge >= 0.3 is 0 Å². The molecule has 0 bridgehead atoms. The summed E-state index contributed by atoms with van der Waals surface area (Å²) in [5.74, 6) is 1.71. The van der Waals surface area contributed by atoms with Crippen LogP contribution in [-0.2, 0) is 4.79 Å². The van der Waals surface area contributed by atoms with E-state index in [1.807, 2.05) is 12.1 Å². The molecule has 2 aliphatic rings. The Kier molecular flexibility index (Phi) is 6.31. The molecule has 0 radical (unpaired) electrons. The van der Waals surface area contributed by atoms with Crippen LogP contribution in [0, 0.1) is 5.92 Å². The van der Waals surface area contributed by atoms with Crippen molar-refractivity contribution in [1.82, 2.24) is 10.2 Å². The predicted molar refractivity (Wildman–Crippen MR) is 94.4 cm³/mol. The molecule has 1 aromatic carbocycles. The third-order valence-corrected chi connectivity index (χ3v) is 5.08.